The van der Waals surface area contributed by atoms with Gasteiger partial charge in [0.1, 0.15) is 0 Å². The van der Waals surface area contributed by atoms with E-state index < -0.39 is 11.4 Å². The first-order chi connectivity index (χ1) is 10.1. The van der Waals surface area contributed by atoms with E-state index in [4.69, 9.17) is 0 Å². The van der Waals surface area contributed by atoms with Crippen LogP contribution >= 0.6 is 0 Å². The third-order valence-corrected chi connectivity index (χ3v) is 3.55. The van der Waals surface area contributed by atoms with Crippen LogP contribution in [0.15, 0.2) is 24.3 Å². The number of carboxylic acid groups (broad SMARTS) is 1. The molecule has 0 atom stereocenters. The van der Waals surface area contributed by atoms with Crippen molar-refractivity contribution in [3.05, 3.63) is 35.4 Å². The van der Waals surface area contributed by atoms with Gasteiger partial charge < -0.3 is 9.84 Å². The summed E-state index contributed by atoms with van der Waals surface area (Å²) in [5.74, 6) is -1.18. The third kappa shape index (κ3) is 5.17. The van der Waals surface area contributed by atoms with Crippen LogP contribution in [-0.4, -0.2) is 24.2 Å². The molecule has 0 amide bonds. The van der Waals surface area contributed by atoms with Gasteiger partial charge in [-0.3, -0.25) is 4.79 Å². The van der Waals surface area contributed by atoms with Gasteiger partial charge in [-0.1, -0.05) is 39.8 Å². The normalized spacial score (nSPS) is 11.2. The fraction of sp³-hybridized carbons (Fsp3) is 0.556. The summed E-state index contributed by atoms with van der Waals surface area (Å²) >= 11 is 0. The first kappa shape index (κ1) is 20.2. The van der Waals surface area contributed by atoms with Crippen molar-refractivity contribution in [3.63, 3.8) is 0 Å². The molecule has 0 saturated carbocycles. The Morgan fingerprint density at radius 3 is 1.86 bits per heavy atom. The molecule has 1 aromatic carbocycles. The molecule has 0 heterocycles. The van der Waals surface area contributed by atoms with E-state index in [1.807, 2.05) is 39.8 Å². The molecule has 0 radical (unpaired) electrons. The maximum Gasteiger partial charge on any atom is 0.337 e. The number of rotatable bonds is 5. The second-order valence-electron chi connectivity index (χ2n) is 6.32. The molecule has 0 spiro atoms. The summed E-state index contributed by atoms with van der Waals surface area (Å²) in [5, 5.41) is 9.24. The lowest BCUT2D eigenvalue weighted by Crippen LogP contribution is -2.32. The second-order valence-corrected chi connectivity index (χ2v) is 6.32. The van der Waals surface area contributed by atoms with Crippen LogP contribution in [0.4, 0.5) is 0 Å². The maximum atomic E-state index is 11.4. The maximum absolute atomic E-state index is 11.4. The molecule has 22 heavy (non-hydrogen) atoms. The van der Waals surface area contributed by atoms with Crippen LogP contribution in [0.2, 0.25) is 0 Å². The van der Waals surface area contributed by atoms with Crippen molar-refractivity contribution in [3.8, 4) is 0 Å². The molecule has 4 heteroatoms. The van der Waals surface area contributed by atoms with Crippen LogP contribution in [0.25, 0.3) is 0 Å². The first-order valence-corrected chi connectivity index (χ1v) is 7.52. The van der Waals surface area contributed by atoms with Crippen molar-refractivity contribution in [1.82, 2.24) is 0 Å². The number of carbonyl (C=O) groups is 2. The van der Waals surface area contributed by atoms with Gasteiger partial charge in [-0.05, 0) is 43.4 Å². The number of aliphatic carboxylic acids is 1. The molecular weight excluding hydrogens is 280 g/mol. The molecular formula is C18H28O4. The highest BCUT2D eigenvalue weighted by atomic mass is 16.5. The van der Waals surface area contributed by atoms with Gasteiger partial charge in [0.2, 0.25) is 0 Å². The number of benzene rings is 1. The van der Waals surface area contributed by atoms with Crippen LogP contribution in [0, 0.1) is 5.41 Å². The number of methoxy groups -OCH3 is 1. The lowest BCUT2D eigenvalue weighted by molar-refractivity contribution is -0.148. The zero-order valence-corrected chi connectivity index (χ0v) is 14.7. The standard InChI is InChI=1S/C16H22O4.C2H6/c1-15(2,10-16(3,4)14(18)19)12-8-6-11(7-9-12)13(17)20-5;1-2/h6-9H,10H2,1-5H3,(H,18,19);1-2H3. The van der Waals surface area contributed by atoms with E-state index in [2.05, 4.69) is 4.74 Å². The topological polar surface area (TPSA) is 63.6 Å². The molecule has 1 rings (SSSR count). The van der Waals surface area contributed by atoms with Gasteiger partial charge in [-0.25, -0.2) is 4.79 Å². The van der Waals surface area contributed by atoms with Gasteiger partial charge in [-0.2, -0.15) is 0 Å². The SMILES string of the molecule is CC.COC(=O)c1ccc(C(C)(C)CC(C)(C)C(=O)O)cc1. The van der Waals surface area contributed by atoms with Crippen LogP contribution in [-0.2, 0) is 14.9 Å². The number of ether oxygens (including phenoxy) is 1. The molecule has 0 unspecified atom stereocenters. The Kier molecular flexibility index (Phi) is 7.30. The Balaban J connectivity index is 0.00000211. The number of hydrogen-bond donors (Lipinski definition) is 1. The molecule has 0 saturated heterocycles. The Morgan fingerprint density at radius 2 is 1.50 bits per heavy atom. The van der Waals surface area contributed by atoms with E-state index in [1.54, 1.807) is 26.0 Å². The number of carboxylic acids is 1. The van der Waals surface area contributed by atoms with Crippen molar-refractivity contribution < 1.29 is 19.4 Å². The van der Waals surface area contributed by atoms with E-state index in [0.29, 0.717) is 12.0 Å². The van der Waals surface area contributed by atoms with Crippen molar-refractivity contribution >= 4 is 11.9 Å². The summed E-state index contributed by atoms with van der Waals surface area (Å²) < 4.78 is 4.66. The molecule has 124 valence electrons. The molecule has 0 aliphatic heterocycles. The molecule has 4 nitrogen and oxygen atoms in total. The average Bonchev–Trinajstić information content (AvgIpc) is 2.47. The number of carbonyl (C=O) groups excluding carboxylic acids is 1. The Morgan fingerprint density at radius 1 is 1.05 bits per heavy atom. The van der Waals surface area contributed by atoms with E-state index >= 15 is 0 Å². The fourth-order valence-corrected chi connectivity index (χ4v) is 2.46. The van der Waals surface area contributed by atoms with E-state index in [-0.39, 0.29) is 11.4 Å². The summed E-state index contributed by atoms with van der Waals surface area (Å²) in [6.45, 7) is 11.5. The minimum absolute atomic E-state index is 0.295. The van der Waals surface area contributed by atoms with Gasteiger partial charge in [-0.15, -0.1) is 0 Å². The molecule has 1 aromatic rings. The van der Waals surface area contributed by atoms with Crippen molar-refractivity contribution in [2.45, 2.75) is 53.4 Å². The molecule has 0 bridgehead atoms. The minimum Gasteiger partial charge on any atom is -0.481 e. The molecule has 0 aliphatic carbocycles. The predicted octanol–water partition coefficient (Wildman–Crippen LogP) is 4.28. The summed E-state index contributed by atoms with van der Waals surface area (Å²) in [6, 6.07) is 7.11. The van der Waals surface area contributed by atoms with Crippen LogP contribution < -0.4 is 0 Å². The zero-order valence-electron chi connectivity index (χ0n) is 14.7. The van der Waals surface area contributed by atoms with Crippen molar-refractivity contribution in [2.24, 2.45) is 5.41 Å². The largest absolute Gasteiger partial charge is 0.481 e. The van der Waals surface area contributed by atoms with Crippen LogP contribution in [0.1, 0.15) is 63.9 Å². The van der Waals surface area contributed by atoms with Crippen LogP contribution in [0.3, 0.4) is 0 Å². The van der Waals surface area contributed by atoms with E-state index in [1.165, 1.54) is 7.11 Å². The van der Waals surface area contributed by atoms with E-state index in [0.717, 1.165) is 5.56 Å². The van der Waals surface area contributed by atoms with Crippen molar-refractivity contribution in [1.29, 1.82) is 0 Å². The number of hydrogen-bond acceptors (Lipinski definition) is 3. The summed E-state index contributed by atoms with van der Waals surface area (Å²) in [5.41, 5.74) is 0.394. The monoisotopic (exact) mass is 308 g/mol. The van der Waals surface area contributed by atoms with Gasteiger partial charge in [0.05, 0.1) is 18.1 Å². The van der Waals surface area contributed by atoms with Gasteiger partial charge in [0.25, 0.3) is 0 Å². The number of esters is 1. The Hall–Kier alpha value is -1.84. The summed E-state index contributed by atoms with van der Waals surface area (Å²) in [6.07, 6.45) is 0.507. The predicted molar refractivity (Wildman–Crippen MR) is 88.2 cm³/mol. The highest BCUT2D eigenvalue weighted by Crippen LogP contribution is 2.36. The molecule has 0 aliphatic rings. The van der Waals surface area contributed by atoms with Gasteiger partial charge in [0, 0.05) is 0 Å². The fourth-order valence-electron chi connectivity index (χ4n) is 2.46. The van der Waals surface area contributed by atoms with Gasteiger partial charge >= 0.3 is 11.9 Å². The summed E-state index contributed by atoms with van der Waals surface area (Å²) in [4.78, 5) is 22.6. The molecule has 0 aromatic heterocycles. The summed E-state index contributed by atoms with van der Waals surface area (Å²) in [7, 11) is 1.34. The molecule has 1 N–H and O–H groups in total. The molecule has 0 fully saturated rings. The lowest BCUT2D eigenvalue weighted by atomic mass is 9.71. The first-order valence-electron chi connectivity index (χ1n) is 7.52. The zero-order chi connectivity index (χ0) is 17.6. The third-order valence-electron chi connectivity index (χ3n) is 3.55. The second kappa shape index (κ2) is 7.97. The van der Waals surface area contributed by atoms with Crippen molar-refractivity contribution in [2.75, 3.05) is 7.11 Å². The van der Waals surface area contributed by atoms with Gasteiger partial charge in [0.15, 0.2) is 0 Å². The minimum atomic E-state index is -0.809. The smallest absolute Gasteiger partial charge is 0.337 e. The van der Waals surface area contributed by atoms with E-state index in [9.17, 15) is 14.7 Å². The Bertz CT molecular complexity index is 498. The quantitative estimate of drug-likeness (QED) is 0.825. The van der Waals surface area contributed by atoms with Crippen LogP contribution in [0.5, 0.6) is 0 Å². The average molecular weight is 308 g/mol. The lowest BCUT2D eigenvalue weighted by Gasteiger charge is -2.32. The Labute approximate surface area is 133 Å². The highest BCUT2D eigenvalue weighted by molar-refractivity contribution is 5.89. The highest BCUT2D eigenvalue weighted by Gasteiger charge is 2.35.